The maximum absolute atomic E-state index is 12.9. The average Bonchev–Trinajstić information content (AvgIpc) is 2.85. The van der Waals surface area contributed by atoms with Crippen LogP contribution in [0.15, 0.2) is 24.3 Å². The minimum absolute atomic E-state index is 0.0237. The molecule has 1 amide bonds. The first-order valence-corrected chi connectivity index (χ1v) is 9.34. The zero-order valence-electron chi connectivity index (χ0n) is 16.0. The Bertz CT molecular complexity index is 620. The standard InChI is InChI=1S/C20H30N2O4/c1-4-18(26-17-9-5-7-15(2)13-17)20(25)22-11-6-8-16(10-12-22)21(3)14-19(23)24/h5,7,9,13,16,18H,4,6,8,10-12,14H2,1-3H3,(H,23,24). The molecule has 1 heterocycles. The third-order valence-electron chi connectivity index (χ3n) is 4.93. The lowest BCUT2D eigenvalue weighted by Gasteiger charge is -2.27. The number of likely N-dealkylation sites (tertiary alicyclic amines) is 1. The minimum Gasteiger partial charge on any atom is -0.481 e. The van der Waals surface area contributed by atoms with Crippen molar-refractivity contribution in [2.45, 2.75) is 51.7 Å². The summed E-state index contributed by atoms with van der Waals surface area (Å²) in [5, 5.41) is 8.97. The predicted octanol–water partition coefficient (Wildman–Crippen LogP) is 2.55. The molecule has 1 fully saturated rings. The van der Waals surface area contributed by atoms with E-state index < -0.39 is 12.1 Å². The van der Waals surface area contributed by atoms with Crippen LogP contribution in [-0.2, 0) is 9.59 Å². The Labute approximate surface area is 155 Å². The van der Waals surface area contributed by atoms with Gasteiger partial charge in [0.25, 0.3) is 5.91 Å². The maximum atomic E-state index is 12.9. The van der Waals surface area contributed by atoms with E-state index in [4.69, 9.17) is 9.84 Å². The number of hydrogen-bond donors (Lipinski definition) is 1. The van der Waals surface area contributed by atoms with Gasteiger partial charge in [0.15, 0.2) is 6.10 Å². The number of carboxylic acids is 1. The zero-order chi connectivity index (χ0) is 19.1. The Kier molecular flexibility index (Phi) is 7.45. The Balaban J connectivity index is 1.96. The smallest absolute Gasteiger partial charge is 0.317 e. The molecule has 1 aromatic carbocycles. The van der Waals surface area contributed by atoms with Crippen molar-refractivity contribution in [2.24, 2.45) is 0 Å². The SMILES string of the molecule is CCC(Oc1cccc(C)c1)C(=O)N1CCCC(N(C)CC(=O)O)CC1. The zero-order valence-corrected chi connectivity index (χ0v) is 16.0. The van der Waals surface area contributed by atoms with Crippen molar-refractivity contribution in [3.05, 3.63) is 29.8 Å². The fourth-order valence-electron chi connectivity index (χ4n) is 3.45. The van der Waals surface area contributed by atoms with Crippen LogP contribution in [0.4, 0.5) is 0 Å². The average molecular weight is 362 g/mol. The molecule has 1 aliphatic rings. The van der Waals surface area contributed by atoms with Gasteiger partial charge in [-0.3, -0.25) is 14.5 Å². The van der Waals surface area contributed by atoms with Gasteiger partial charge in [-0.25, -0.2) is 0 Å². The van der Waals surface area contributed by atoms with Gasteiger partial charge in [-0.2, -0.15) is 0 Å². The molecule has 144 valence electrons. The summed E-state index contributed by atoms with van der Waals surface area (Å²) in [5.74, 6) is -0.0723. The molecule has 1 N–H and O–H groups in total. The molecule has 0 spiro atoms. The quantitative estimate of drug-likeness (QED) is 0.807. The lowest BCUT2D eigenvalue weighted by atomic mass is 10.1. The van der Waals surface area contributed by atoms with Crippen molar-refractivity contribution in [2.75, 3.05) is 26.7 Å². The highest BCUT2D eigenvalue weighted by Crippen LogP contribution is 2.20. The lowest BCUT2D eigenvalue weighted by Crippen LogP contribution is -2.43. The second kappa shape index (κ2) is 9.57. The van der Waals surface area contributed by atoms with Gasteiger partial charge in [0, 0.05) is 19.1 Å². The molecular weight excluding hydrogens is 332 g/mol. The van der Waals surface area contributed by atoms with Gasteiger partial charge in [-0.05, 0) is 57.4 Å². The summed E-state index contributed by atoms with van der Waals surface area (Å²) in [4.78, 5) is 27.6. The van der Waals surface area contributed by atoms with Crippen molar-refractivity contribution >= 4 is 11.9 Å². The summed E-state index contributed by atoms with van der Waals surface area (Å²) in [6, 6.07) is 7.94. The van der Waals surface area contributed by atoms with Crippen LogP contribution in [0.1, 0.15) is 38.2 Å². The van der Waals surface area contributed by atoms with Crippen LogP contribution < -0.4 is 4.74 Å². The van der Waals surface area contributed by atoms with E-state index in [0.29, 0.717) is 19.5 Å². The van der Waals surface area contributed by atoms with Crippen molar-refractivity contribution in [1.82, 2.24) is 9.80 Å². The molecule has 0 aromatic heterocycles. The maximum Gasteiger partial charge on any atom is 0.317 e. The number of likely N-dealkylation sites (N-methyl/N-ethyl adjacent to an activating group) is 1. The van der Waals surface area contributed by atoms with Crippen LogP contribution >= 0.6 is 0 Å². The van der Waals surface area contributed by atoms with Gasteiger partial charge in [-0.1, -0.05) is 19.1 Å². The van der Waals surface area contributed by atoms with E-state index in [2.05, 4.69) is 0 Å². The number of carbonyl (C=O) groups is 2. The summed E-state index contributed by atoms with van der Waals surface area (Å²) < 4.78 is 5.95. The fourth-order valence-corrected chi connectivity index (χ4v) is 3.45. The molecule has 1 saturated heterocycles. The molecule has 0 aliphatic carbocycles. The number of aliphatic carboxylic acids is 1. The molecule has 6 nitrogen and oxygen atoms in total. The van der Waals surface area contributed by atoms with Crippen LogP contribution in [-0.4, -0.2) is 65.6 Å². The van der Waals surface area contributed by atoms with E-state index in [-0.39, 0.29) is 18.5 Å². The molecule has 0 radical (unpaired) electrons. The normalized spacial score (nSPS) is 19.1. The highest BCUT2D eigenvalue weighted by Gasteiger charge is 2.28. The summed E-state index contributed by atoms with van der Waals surface area (Å²) in [6.45, 7) is 5.33. The third-order valence-corrected chi connectivity index (χ3v) is 4.93. The highest BCUT2D eigenvalue weighted by atomic mass is 16.5. The third kappa shape index (κ3) is 5.73. The van der Waals surface area contributed by atoms with Crippen LogP contribution in [0, 0.1) is 6.92 Å². The monoisotopic (exact) mass is 362 g/mol. The number of amides is 1. The van der Waals surface area contributed by atoms with Crippen molar-refractivity contribution < 1.29 is 19.4 Å². The van der Waals surface area contributed by atoms with E-state index in [0.717, 1.165) is 30.6 Å². The number of aryl methyl sites for hydroxylation is 1. The number of carboxylic acid groups (broad SMARTS) is 1. The molecular formula is C20H30N2O4. The van der Waals surface area contributed by atoms with E-state index in [1.807, 2.05) is 55.0 Å². The van der Waals surface area contributed by atoms with Gasteiger partial charge in [-0.15, -0.1) is 0 Å². The van der Waals surface area contributed by atoms with Crippen molar-refractivity contribution in [3.8, 4) is 5.75 Å². The largest absolute Gasteiger partial charge is 0.481 e. The van der Waals surface area contributed by atoms with Gasteiger partial charge >= 0.3 is 5.97 Å². The Hall–Kier alpha value is -2.08. The molecule has 6 heteroatoms. The Morgan fingerprint density at radius 1 is 1.35 bits per heavy atom. The van der Waals surface area contributed by atoms with E-state index >= 15 is 0 Å². The molecule has 26 heavy (non-hydrogen) atoms. The molecule has 0 bridgehead atoms. The minimum atomic E-state index is -0.817. The van der Waals surface area contributed by atoms with Crippen LogP contribution in [0.25, 0.3) is 0 Å². The number of nitrogens with zero attached hydrogens (tertiary/aromatic N) is 2. The Morgan fingerprint density at radius 3 is 2.77 bits per heavy atom. The number of ether oxygens (including phenoxy) is 1. The molecule has 2 atom stereocenters. The summed E-state index contributed by atoms with van der Waals surface area (Å²) in [5.41, 5.74) is 1.10. The van der Waals surface area contributed by atoms with Crippen molar-refractivity contribution in [3.63, 3.8) is 0 Å². The topological polar surface area (TPSA) is 70.1 Å². The van der Waals surface area contributed by atoms with Crippen LogP contribution in [0.3, 0.4) is 0 Å². The first kappa shape index (κ1) is 20.2. The molecule has 2 unspecified atom stereocenters. The molecule has 1 aliphatic heterocycles. The number of rotatable bonds is 7. The van der Waals surface area contributed by atoms with Gasteiger partial charge in [0.1, 0.15) is 5.75 Å². The van der Waals surface area contributed by atoms with Crippen LogP contribution in [0.5, 0.6) is 5.75 Å². The summed E-state index contributed by atoms with van der Waals surface area (Å²) >= 11 is 0. The lowest BCUT2D eigenvalue weighted by molar-refractivity contribution is -0.140. The second-order valence-corrected chi connectivity index (χ2v) is 7.05. The van der Waals surface area contributed by atoms with E-state index in [1.54, 1.807) is 0 Å². The van der Waals surface area contributed by atoms with E-state index in [9.17, 15) is 9.59 Å². The van der Waals surface area contributed by atoms with E-state index in [1.165, 1.54) is 0 Å². The summed E-state index contributed by atoms with van der Waals surface area (Å²) in [6.07, 6.45) is 2.71. The fraction of sp³-hybridized carbons (Fsp3) is 0.600. The second-order valence-electron chi connectivity index (χ2n) is 7.05. The van der Waals surface area contributed by atoms with Gasteiger partial charge in [0.05, 0.1) is 6.54 Å². The number of hydrogen-bond acceptors (Lipinski definition) is 4. The van der Waals surface area contributed by atoms with Gasteiger partial charge in [0.2, 0.25) is 0 Å². The first-order valence-electron chi connectivity index (χ1n) is 9.34. The highest BCUT2D eigenvalue weighted by molar-refractivity contribution is 5.81. The summed E-state index contributed by atoms with van der Waals surface area (Å²) in [7, 11) is 1.84. The number of benzene rings is 1. The molecule has 2 rings (SSSR count). The molecule has 1 aromatic rings. The van der Waals surface area contributed by atoms with Gasteiger partial charge < -0.3 is 14.7 Å². The molecule has 0 saturated carbocycles. The predicted molar refractivity (Wildman–Crippen MR) is 100 cm³/mol. The van der Waals surface area contributed by atoms with Crippen molar-refractivity contribution in [1.29, 1.82) is 0 Å². The van der Waals surface area contributed by atoms with Crippen LogP contribution in [0.2, 0.25) is 0 Å². The number of carbonyl (C=O) groups excluding carboxylic acids is 1. The Morgan fingerprint density at radius 2 is 2.12 bits per heavy atom. The first-order chi connectivity index (χ1) is 12.4.